The van der Waals surface area contributed by atoms with Crippen molar-refractivity contribution in [1.29, 1.82) is 0 Å². The maximum absolute atomic E-state index is 13.0. The summed E-state index contributed by atoms with van der Waals surface area (Å²) in [7, 11) is 0. The van der Waals surface area contributed by atoms with Gasteiger partial charge in [0.05, 0.1) is 29.9 Å². The standard InChI is InChI=1S/C18H14FNO3/c19-12-7-5-11(6-8-12)16-9-13(10-23-16)20-17(21)14-3-1-2-4-15(14)18(20)22/h1-8,13,16H,9-10H2. The number of nitrogens with zero attached hydrogens (tertiary/aromatic N) is 1. The number of imide groups is 1. The molecular formula is C18H14FNO3. The van der Waals surface area contributed by atoms with Crippen LogP contribution in [-0.4, -0.2) is 29.4 Å². The Balaban J connectivity index is 1.56. The molecule has 0 aromatic heterocycles. The molecule has 5 heteroatoms. The zero-order valence-corrected chi connectivity index (χ0v) is 12.2. The Kier molecular flexibility index (Phi) is 3.23. The lowest BCUT2D eigenvalue weighted by molar-refractivity contribution is 0.0551. The third-order valence-corrected chi connectivity index (χ3v) is 4.41. The largest absolute Gasteiger partial charge is 0.371 e. The van der Waals surface area contributed by atoms with Crippen molar-refractivity contribution in [3.63, 3.8) is 0 Å². The highest BCUT2D eigenvalue weighted by Gasteiger charge is 2.43. The molecule has 1 fully saturated rings. The summed E-state index contributed by atoms with van der Waals surface area (Å²) in [6.07, 6.45) is 0.293. The van der Waals surface area contributed by atoms with E-state index in [9.17, 15) is 14.0 Å². The number of rotatable bonds is 2. The summed E-state index contributed by atoms with van der Waals surface area (Å²) < 4.78 is 18.7. The van der Waals surface area contributed by atoms with Gasteiger partial charge in [-0.3, -0.25) is 14.5 Å². The number of fused-ring (bicyclic) bond motifs is 1. The second-order valence-electron chi connectivity index (χ2n) is 5.79. The smallest absolute Gasteiger partial charge is 0.261 e. The minimum Gasteiger partial charge on any atom is -0.371 e. The van der Waals surface area contributed by atoms with Gasteiger partial charge in [0, 0.05) is 6.42 Å². The zero-order chi connectivity index (χ0) is 16.0. The van der Waals surface area contributed by atoms with Gasteiger partial charge in [0.2, 0.25) is 0 Å². The van der Waals surface area contributed by atoms with Crippen LogP contribution < -0.4 is 0 Å². The van der Waals surface area contributed by atoms with Gasteiger partial charge in [-0.05, 0) is 29.8 Å². The van der Waals surface area contributed by atoms with Gasteiger partial charge in [0.1, 0.15) is 5.82 Å². The van der Waals surface area contributed by atoms with Crippen LogP contribution in [0.4, 0.5) is 4.39 Å². The summed E-state index contributed by atoms with van der Waals surface area (Å²) in [5.41, 5.74) is 1.75. The predicted octanol–water partition coefficient (Wildman–Crippen LogP) is 2.95. The van der Waals surface area contributed by atoms with Crippen molar-refractivity contribution in [3.05, 3.63) is 71.0 Å². The molecular weight excluding hydrogens is 297 g/mol. The van der Waals surface area contributed by atoms with Crippen LogP contribution in [0, 0.1) is 5.82 Å². The van der Waals surface area contributed by atoms with E-state index in [0.717, 1.165) is 5.56 Å². The molecule has 2 aromatic rings. The first kappa shape index (κ1) is 14.1. The monoisotopic (exact) mass is 311 g/mol. The molecule has 4 nitrogen and oxygen atoms in total. The quantitative estimate of drug-likeness (QED) is 0.801. The number of amides is 2. The minimum atomic E-state index is -0.302. The van der Waals surface area contributed by atoms with Crippen molar-refractivity contribution >= 4 is 11.8 Å². The molecule has 0 radical (unpaired) electrons. The van der Waals surface area contributed by atoms with Gasteiger partial charge in [0.15, 0.2) is 0 Å². The lowest BCUT2D eigenvalue weighted by Crippen LogP contribution is -2.40. The first-order valence-electron chi connectivity index (χ1n) is 7.49. The Hall–Kier alpha value is -2.53. The van der Waals surface area contributed by atoms with E-state index in [1.165, 1.54) is 17.0 Å². The van der Waals surface area contributed by atoms with Crippen LogP contribution in [0.3, 0.4) is 0 Å². The van der Waals surface area contributed by atoms with Crippen LogP contribution in [-0.2, 0) is 4.74 Å². The molecule has 2 aliphatic rings. The van der Waals surface area contributed by atoms with Gasteiger partial charge in [-0.15, -0.1) is 0 Å². The van der Waals surface area contributed by atoms with Gasteiger partial charge in [0.25, 0.3) is 11.8 Å². The fourth-order valence-electron chi connectivity index (χ4n) is 3.24. The summed E-state index contributed by atoms with van der Waals surface area (Å²) in [5.74, 6) is -0.832. The zero-order valence-electron chi connectivity index (χ0n) is 12.2. The lowest BCUT2D eigenvalue weighted by Gasteiger charge is -2.20. The summed E-state index contributed by atoms with van der Waals surface area (Å²) in [4.78, 5) is 26.3. The molecule has 116 valence electrons. The number of hydrogen-bond donors (Lipinski definition) is 0. The van der Waals surface area contributed by atoms with Gasteiger partial charge < -0.3 is 4.74 Å². The first-order chi connectivity index (χ1) is 11.1. The van der Waals surface area contributed by atoms with E-state index in [2.05, 4.69) is 0 Å². The molecule has 2 aliphatic heterocycles. The van der Waals surface area contributed by atoms with Crippen LogP contribution in [0.1, 0.15) is 38.8 Å². The molecule has 1 saturated heterocycles. The molecule has 23 heavy (non-hydrogen) atoms. The van der Waals surface area contributed by atoms with Crippen molar-refractivity contribution in [2.45, 2.75) is 18.6 Å². The second-order valence-corrected chi connectivity index (χ2v) is 5.79. The third-order valence-electron chi connectivity index (χ3n) is 4.41. The van der Waals surface area contributed by atoms with E-state index in [1.54, 1.807) is 36.4 Å². The molecule has 2 aromatic carbocycles. The van der Waals surface area contributed by atoms with Crippen molar-refractivity contribution in [3.8, 4) is 0 Å². The maximum atomic E-state index is 13.0. The van der Waals surface area contributed by atoms with Crippen LogP contribution in [0.5, 0.6) is 0 Å². The average Bonchev–Trinajstić information content (AvgIpc) is 3.13. The Morgan fingerprint density at radius 2 is 1.57 bits per heavy atom. The minimum absolute atomic E-state index is 0.232. The van der Waals surface area contributed by atoms with Crippen molar-refractivity contribution < 1.29 is 18.7 Å². The van der Waals surface area contributed by atoms with Crippen LogP contribution >= 0.6 is 0 Å². The Bertz CT molecular complexity index is 752. The molecule has 0 saturated carbocycles. The molecule has 2 heterocycles. The van der Waals surface area contributed by atoms with Crippen LogP contribution in [0.25, 0.3) is 0 Å². The summed E-state index contributed by atoms with van der Waals surface area (Å²) in [5, 5.41) is 0. The fraction of sp³-hybridized carbons (Fsp3) is 0.222. The van der Waals surface area contributed by atoms with Gasteiger partial charge in [-0.1, -0.05) is 24.3 Å². The van der Waals surface area contributed by atoms with Gasteiger partial charge in [-0.2, -0.15) is 0 Å². The molecule has 0 N–H and O–H groups in total. The van der Waals surface area contributed by atoms with E-state index >= 15 is 0 Å². The summed E-state index contributed by atoms with van der Waals surface area (Å²) in [6, 6.07) is 12.7. The predicted molar refractivity (Wildman–Crippen MR) is 80.4 cm³/mol. The maximum Gasteiger partial charge on any atom is 0.261 e. The molecule has 2 amide bonds. The normalized spacial score (nSPS) is 23.4. The fourth-order valence-corrected chi connectivity index (χ4v) is 3.24. The molecule has 4 rings (SSSR count). The Morgan fingerprint density at radius 3 is 2.17 bits per heavy atom. The topological polar surface area (TPSA) is 46.6 Å². The van der Waals surface area contributed by atoms with Crippen molar-refractivity contribution in [2.75, 3.05) is 6.61 Å². The van der Waals surface area contributed by atoms with E-state index in [0.29, 0.717) is 24.2 Å². The number of carbonyl (C=O) groups is 2. The summed E-state index contributed by atoms with van der Waals surface area (Å²) in [6.45, 7) is 0.299. The lowest BCUT2D eigenvalue weighted by atomic mass is 10.0. The molecule has 2 atom stereocenters. The Morgan fingerprint density at radius 1 is 0.957 bits per heavy atom. The number of carbonyl (C=O) groups excluding carboxylic acids is 2. The highest BCUT2D eigenvalue weighted by atomic mass is 19.1. The highest BCUT2D eigenvalue weighted by Crippen LogP contribution is 2.35. The van der Waals surface area contributed by atoms with Crippen molar-refractivity contribution in [1.82, 2.24) is 4.90 Å². The van der Waals surface area contributed by atoms with E-state index < -0.39 is 0 Å². The number of ether oxygens (including phenoxy) is 1. The van der Waals surface area contributed by atoms with Crippen LogP contribution in [0.15, 0.2) is 48.5 Å². The van der Waals surface area contributed by atoms with E-state index in [4.69, 9.17) is 4.74 Å². The number of benzene rings is 2. The molecule has 2 unspecified atom stereocenters. The highest BCUT2D eigenvalue weighted by molar-refractivity contribution is 6.21. The molecule has 0 spiro atoms. The van der Waals surface area contributed by atoms with Gasteiger partial charge in [-0.25, -0.2) is 4.39 Å². The van der Waals surface area contributed by atoms with E-state index in [1.807, 2.05) is 0 Å². The van der Waals surface area contributed by atoms with Crippen LogP contribution in [0.2, 0.25) is 0 Å². The SMILES string of the molecule is O=C1c2ccccc2C(=O)N1C1COC(c2ccc(F)cc2)C1. The van der Waals surface area contributed by atoms with Gasteiger partial charge >= 0.3 is 0 Å². The van der Waals surface area contributed by atoms with Crippen molar-refractivity contribution in [2.24, 2.45) is 0 Å². The number of hydrogen-bond acceptors (Lipinski definition) is 3. The second kappa shape index (κ2) is 5.28. The third kappa shape index (κ3) is 2.24. The molecule has 0 aliphatic carbocycles. The summed E-state index contributed by atoms with van der Waals surface area (Å²) >= 11 is 0. The molecule has 0 bridgehead atoms. The van der Waals surface area contributed by atoms with E-state index in [-0.39, 0.29) is 29.8 Å². The Labute approximate surface area is 132 Å². The first-order valence-corrected chi connectivity index (χ1v) is 7.49. The average molecular weight is 311 g/mol. The number of halogens is 1.